The summed E-state index contributed by atoms with van der Waals surface area (Å²) in [5.41, 5.74) is 4.04. The van der Waals surface area contributed by atoms with Crippen molar-refractivity contribution in [3.05, 3.63) is 76.9 Å². The molecule has 6 heteroatoms. The molecular weight excluding hydrogens is 394 g/mol. The molecule has 1 aromatic carbocycles. The average Bonchev–Trinajstić information content (AvgIpc) is 3.39. The second-order valence-corrected chi connectivity index (χ2v) is 8.42. The van der Waals surface area contributed by atoms with Crippen molar-refractivity contribution in [3.63, 3.8) is 0 Å². The van der Waals surface area contributed by atoms with Gasteiger partial charge in [-0.15, -0.1) is 0 Å². The second kappa shape index (κ2) is 8.42. The number of benzene rings is 1. The van der Waals surface area contributed by atoms with Gasteiger partial charge in [-0.05, 0) is 64.7 Å². The van der Waals surface area contributed by atoms with E-state index >= 15 is 0 Å². The highest BCUT2D eigenvalue weighted by Gasteiger charge is 2.21. The van der Waals surface area contributed by atoms with Gasteiger partial charge in [-0.2, -0.15) is 11.3 Å². The van der Waals surface area contributed by atoms with E-state index in [1.54, 1.807) is 23.7 Å². The first-order valence-electron chi connectivity index (χ1n) is 10.2. The highest BCUT2D eigenvalue weighted by molar-refractivity contribution is 7.08. The molecule has 0 bridgehead atoms. The number of nitrogens with zero attached hydrogens (tertiary/aromatic N) is 3. The van der Waals surface area contributed by atoms with Crippen LogP contribution in [0, 0.1) is 0 Å². The number of fused-ring (bicyclic) bond motifs is 1. The standard InChI is InChI=1S/C24H23N3O2S/c28-24(19-3-1-7-25-15-19)27-9-2-8-26(10-11-27)16-22-14-21-13-18(4-5-23(21)29-22)20-6-12-30-17-20/h1,3-7,12-15,17H,2,8-11,16H2. The molecule has 3 aromatic heterocycles. The third-order valence-electron chi connectivity index (χ3n) is 5.59. The molecule has 1 aliphatic rings. The molecule has 1 fully saturated rings. The number of pyridine rings is 1. The Hall–Kier alpha value is -2.96. The van der Waals surface area contributed by atoms with E-state index in [0.717, 1.165) is 55.9 Å². The molecule has 152 valence electrons. The molecule has 0 radical (unpaired) electrons. The van der Waals surface area contributed by atoms with Crippen LogP contribution in [0.2, 0.25) is 0 Å². The van der Waals surface area contributed by atoms with Crippen LogP contribution < -0.4 is 0 Å². The van der Waals surface area contributed by atoms with Gasteiger partial charge in [0.2, 0.25) is 0 Å². The Morgan fingerprint density at radius 2 is 2.03 bits per heavy atom. The van der Waals surface area contributed by atoms with E-state index in [1.165, 1.54) is 11.1 Å². The topological polar surface area (TPSA) is 49.6 Å². The summed E-state index contributed by atoms with van der Waals surface area (Å²) in [7, 11) is 0. The molecule has 1 saturated heterocycles. The summed E-state index contributed by atoms with van der Waals surface area (Å²) in [6, 6.07) is 14.3. The second-order valence-electron chi connectivity index (χ2n) is 7.64. The number of amides is 1. The molecule has 4 aromatic rings. The molecule has 0 atom stereocenters. The largest absolute Gasteiger partial charge is 0.460 e. The van der Waals surface area contributed by atoms with Crippen LogP contribution >= 0.6 is 11.3 Å². The van der Waals surface area contributed by atoms with Crippen LogP contribution in [-0.4, -0.2) is 46.9 Å². The van der Waals surface area contributed by atoms with Crippen molar-refractivity contribution >= 4 is 28.2 Å². The van der Waals surface area contributed by atoms with Crippen molar-refractivity contribution in [2.75, 3.05) is 26.2 Å². The summed E-state index contributed by atoms with van der Waals surface area (Å²) in [6.45, 7) is 4.04. The van der Waals surface area contributed by atoms with Crippen LogP contribution in [0.1, 0.15) is 22.5 Å². The lowest BCUT2D eigenvalue weighted by Crippen LogP contribution is -2.35. The molecule has 0 spiro atoms. The number of hydrogen-bond donors (Lipinski definition) is 0. The quantitative estimate of drug-likeness (QED) is 0.474. The Morgan fingerprint density at radius 1 is 1.07 bits per heavy atom. The summed E-state index contributed by atoms with van der Waals surface area (Å²) >= 11 is 1.71. The van der Waals surface area contributed by atoms with Crippen molar-refractivity contribution in [1.29, 1.82) is 0 Å². The van der Waals surface area contributed by atoms with E-state index in [1.807, 2.05) is 17.0 Å². The van der Waals surface area contributed by atoms with Crippen molar-refractivity contribution in [1.82, 2.24) is 14.8 Å². The van der Waals surface area contributed by atoms with E-state index in [0.29, 0.717) is 5.56 Å². The summed E-state index contributed by atoms with van der Waals surface area (Å²) in [5, 5.41) is 5.40. The SMILES string of the molecule is O=C(c1cccnc1)N1CCCN(Cc2cc3cc(-c4ccsc4)ccc3o2)CC1. The summed E-state index contributed by atoms with van der Waals surface area (Å²) in [6.07, 6.45) is 4.29. The fourth-order valence-corrected chi connectivity index (χ4v) is 4.67. The summed E-state index contributed by atoms with van der Waals surface area (Å²) < 4.78 is 6.10. The van der Waals surface area contributed by atoms with E-state index in [9.17, 15) is 4.79 Å². The molecule has 4 heterocycles. The molecule has 0 saturated carbocycles. The number of hydrogen-bond acceptors (Lipinski definition) is 5. The molecule has 0 unspecified atom stereocenters. The zero-order valence-corrected chi connectivity index (χ0v) is 17.5. The zero-order valence-electron chi connectivity index (χ0n) is 16.7. The lowest BCUT2D eigenvalue weighted by molar-refractivity contribution is 0.0760. The van der Waals surface area contributed by atoms with Gasteiger partial charge in [-0.25, -0.2) is 0 Å². The lowest BCUT2D eigenvalue weighted by atomic mass is 10.1. The predicted molar refractivity (Wildman–Crippen MR) is 120 cm³/mol. The first-order chi connectivity index (χ1) is 14.8. The smallest absolute Gasteiger partial charge is 0.255 e. The van der Waals surface area contributed by atoms with Gasteiger partial charge in [0.1, 0.15) is 11.3 Å². The fraction of sp³-hybridized carbons (Fsp3) is 0.250. The third-order valence-corrected chi connectivity index (χ3v) is 6.27. The minimum Gasteiger partial charge on any atom is -0.460 e. The van der Waals surface area contributed by atoms with E-state index in [-0.39, 0.29) is 5.91 Å². The van der Waals surface area contributed by atoms with Crippen LogP contribution in [-0.2, 0) is 6.54 Å². The van der Waals surface area contributed by atoms with Crippen LogP contribution in [0.4, 0.5) is 0 Å². The lowest BCUT2D eigenvalue weighted by Gasteiger charge is -2.21. The maximum Gasteiger partial charge on any atom is 0.255 e. The molecule has 1 aliphatic heterocycles. The first kappa shape index (κ1) is 19.0. The van der Waals surface area contributed by atoms with Gasteiger partial charge < -0.3 is 9.32 Å². The number of furan rings is 1. The molecule has 0 N–H and O–H groups in total. The van der Waals surface area contributed by atoms with Gasteiger partial charge >= 0.3 is 0 Å². The monoisotopic (exact) mass is 417 g/mol. The van der Waals surface area contributed by atoms with Crippen molar-refractivity contribution in [2.24, 2.45) is 0 Å². The number of thiophene rings is 1. The molecule has 5 rings (SSSR count). The van der Waals surface area contributed by atoms with Crippen molar-refractivity contribution < 1.29 is 9.21 Å². The van der Waals surface area contributed by atoms with Crippen LogP contribution in [0.15, 0.2) is 70.0 Å². The summed E-state index contributed by atoms with van der Waals surface area (Å²) in [5.74, 6) is 1.04. The maximum atomic E-state index is 12.7. The average molecular weight is 418 g/mol. The Labute approximate surface area is 179 Å². The third kappa shape index (κ3) is 4.01. The van der Waals surface area contributed by atoms with Gasteiger partial charge in [0.25, 0.3) is 5.91 Å². The maximum absolute atomic E-state index is 12.7. The minimum absolute atomic E-state index is 0.0645. The van der Waals surface area contributed by atoms with Crippen molar-refractivity contribution in [2.45, 2.75) is 13.0 Å². The molecule has 1 amide bonds. The van der Waals surface area contributed by atoms with Crippen molar-refractivity contribution in [3.8, 4) is 11.1 Å². The van der Waals surface area contributed by atoms with E-state index in [4.69, 9.17) is 4.42 Å². The number of carbonyl (C=O) groups excluding carboxylic acids is 1. The Balaban J connectivity index is 1.26. The van der Waals surface area contributed by atoms with Gasteiger partial charge in [-0.3, -0.25) is 14.7 Å². The van der Waals surface area contributed by atoms with Gasteiger partial charge in [-0.1, -0.05) is 6.07 Å². The zero-order chi connectivity index (χ0) is 20.3. The predicted octanol–water partition coefficient (Wildman–Crippen LogP) is 4.90. The van der Waals surface area contributed by atoms with Crippen LogP contribution in [0.25, 0.3) is 22.1 Å². The molecular formula is C24H23N3O2S. The highest BCUT2D eigenvalue weighted by Crippen LogP contribution is 2.28. The molecule has 0 aliphatic carbocycles. The number of aromatic nitrogens is 1. The van der Waals surface area contributed by atoms with Crippen LogP contribution in [0.5, 0.6) is 0 Å². The molecule has 5 nitrogen and oxygen atoms in total. The van der Waals surface area contributed by atoms with Gasteiger partial charge in [0, 0.05) is 44.0 Å². The van der Waals surface area contributed by atoms with Gasteiger partial charge in [0.15, 0.2) is 0 Å². The van der Waals surface area contributed by atoms with E-state index in [2.05, 4.69) is 51.0 Å². The Kier molecular flexibility index (Phi) is 5.34. The number of rotatable bonds is 4. The summed E-state index contributed by atoms with van der Waals surface area (Å²) in [4.78, 5) is 21.1. The first-order valence-corrected chi connectivity index (χ1v) is 11.2. The Bertz CT molecular complexity index is 1140. The fourth-order valence-electron chi connectivity index (χ4n) is 4.01. The highest BCUT2D eigenvalue weighted by atomic mass is 32.1. The molecule has 30 heavy (non-hydrogen) atoms. The van der Waals surface area contributed by atoms with E-state index < -0.39 is 0 Å². The van der Waals surface area contributed by atoms with Crippen LogP contribution in [0.3, 0.4) is 0 Å². The Morgan fingerprint density at radius 3 is 2.87 bits per heavy atom. The minimum atomic E-state index is 0.0645. The number of carbonyl (C=O) groups is 1. The normalized spacial score (nSPS) is 15.4. The van der Waals surface area contributed by atoms with Gasteiger partial charge in [0.05, 0.1) is 12.1 Å².